The van der Waals surface area contributed by atoms with E-state index in [1.807, 2.05) is 5.06 Å². The molecule has 3 N–H and O–H groups in total. The lowest BCUT2D eigenvalue weighted by Crippen LogP contribution is -2.43. The van der Waals surface area contributed by atoms with Crippen LogP contribution in [0.5, 0.6) is 0 Å². The zero-order valence-electron chi connectivity index (χ0n) is 9.41. The van der Waals surface area contributed by atoms with Gasteiger partial charge >= 0.3 is 0 Å². The predicted molar refractivity (Wildman–Crippen MR) is 59.5 cm³/mol. The molecule has 0 amide bonds. The summed E-state index contributed by atoms with van der Waals surface area (Å²) in [7, 11) is 0. The minimum Gasteiger partial charge on any atom is -0.379 e. The zero-order chi connectivity index (χ0) is 10.8. The Hall–Kier alpha value is -0.200. The second kappa shape index (κ2) is 9.06. The molecule has 15 heavy (non-hydrogen) atoms. The Balaban J connectivity index is 1.79. The van der Waals surface area contributed by atoms with Gasteiger partial charge in [-0.1, -0.05) is 0 Å². The van der Waals surface area contributed by atoms with Gasteiger partial charge < -0.3 is 15.8 Å². The average Bonchev–Trinajstić information content (AvgIpc) is 2.29. The van der Waals surface area contributed by atoms with E-state index in [9.17, 15) is 0 Å². The number of piperazine rings is 1. The van der Waals surface area contributed by atoms with Crippen LogP contribution in [0.4, 0.5) is 0 Å². The third-order valence-corrected chi connectivity index (χ3v) is 2.32. The quantitative estimate of drug-likeness (QED) is 0.541. The lowest BCUT2D eigenvalue weighted by atomic mass is 10.3. The molecule has 90 valence electrons. The molecule has 1 saturated heterocycles. The summed E-state index contributed by atoms with van der Waals surface area (Å²) in [5, 5.41) is 5.27. The second-order valence-corrected chi connectivity index (χ2v) is 3.62. The third-order valence-electron chi connectivity index (χ3n) is 2.32. The molecule has 0 unspecified atom stereocenters. The summed E-state index contributed by atoms with van der Waals surface area (Å²) in [5.41, 5.74) is 5.37. The molecule has 5 nitrogen and oxygen atoms in total. The fraction of sp³-hybridized carbons (Fsp3) is 1.00. The molecule has 0 aliphatic carbocycles. The molecule has 5 heteroatoms. The van der Waals surface area contributed by atoms with Crippen molar-refractivity contribution in [2.45, 2.75) is 12.8 Å². The van der Waals surface area contributed by atoms with Crippen LogP contribution < -0.4 is 11.1 Å². The van der Waals surface area contributed by atoms with Crippen molar-refractivity contribution < 1.29 is 9.57 Å². The number of nitrogens with one attached hydrogen (secondary N) is 1. The SMILES string of the molecule is NCCCCOCCON1CCNCC1. The van der Waals surface area contributed by atoms with E-state index < -0.39 is 0 Å². The van der Waals surface area contributed by atoms with Crippen molar-refractivity contribution in [2.24, 2.45) is 5.73 Å². The first kappa shape index (κ1) is 12.9. The van der Waals surface area contributed by atoms with E-state index in [1.165, 1.54) is 0 Å². The van der Waals surface area contributed by atoms with Crippen molar-refractivity contribution in [1.29, 1.82) is 0 Å². The van der Waals surface area contributed by atoms with E-state index in [-0.39, 0.29) is 0 Å². The standard InChI is InChI=1S/C10H23N3O2/c11-3-1-2-8-14-9-10-15-13-6-4-12-5-7-13/h12H,1-11H2. The van der Waals surface area contributed by atoms with Gasteiger partial charge in [-0.3, -0.25) is 4.84 Å². The number of nitrogens with two attached hydrogens (primary N) is 1. The summed E-state index contributed by atoms with van der Waals surface area (Å²) in [6.45, 7) is 6.83. The monoisotopic (exact) mass is 217 g/mol. The highest BCUT2D eigenvalue weighted by Crippen LogP contribution is 1.94. The van der Waals surface area contributed by atoms with Crippen molar-refractivity contribution in [2.75, 3.05) is 52.5 Å². The minimum atomic E-state index is 0.655. The van der Waals surface area contributed by atoms with Crippen LogP contribution in [0, 0.1) is 0 Å². The van der Waals surface area contributed by atoms with Gasteiger partial charge in [0.2, 0.25) is 0 Å². The van der Waals surface area contributed by atoms with E-state index in [0.717, 1.165) is 52.2 Å². The Morgan fingerprint density at radius 2 is 1.87 bits per heavy atom. The maximum absolute atomic E-state index is 5.53. The average molecular weight is 217 g/mol. The van der Waals surface area contributed by atoms with Crippen LogP contribution in [0.1, 0.15) is 12.8 Å². The maximum Gasteiger partial charge on any atom is 0.0918 e. The Kier molecular flexibility index (Phi) is 7.77. The summed E-state index contributed by atoms with van der Waals surface area (Å²) in [5.74, 6) is 0. The van der Waals surface area contributed by atoms with Crippen LogP contribution in [0.3, 0.4) is 0 Å². The number of rotatable bonds is 8. The van der Waals surface area contributed by atoms with Gasteiger partial charge in [0.05, 0.1) is 13.2 Å². The Labute approximate surface area is 91.8 Å². The molecule has 1 rings (SSSR count). The fourth-order valence-corrected chi connectivity index (χ4v) is 1.45. The number of hydroxylamine groups is 2. The molecule has 0 aromatic rings. The zero-order valence-corrected chi connectivity index (χ0v) is 9.41. The van der Waals surface area contributed by atoms with Gasteiger partial charge in [0.15, 0.2) is 0 Å². The Bertz CT molecular complexity index is 141. The summed E-state index contributed by atoms with van der Waals surface area (Å²) < 4.78 is 5.40. The summed E-state index contributed by atoms with van der Waals surface area (Å²) >= 11 is 0. The Morgan fingerprint density at radius 1 is 1.07 bits per heavy atom. The van der Waals surface area contributed by atoms with Gasteiger partial charge in [0.1, 0.15) is 0 Å². The fourth-order valence-electron chi connectivity index (χ4n) is 1.45. The third kappa shape index (κ3) is 6.81. The molecule has 1 aliphatic heterocycles. The first-order chi connectivity index (χ1) is 7.43. The number of hydrogen-bond acceptors (Lipinski definition) is 5. The molecule has 0 aromatic carbocycles. The minimum absolute atomic E-state index is 0.655. The van der Waals surface area contributed by atoms with E-state index >= 15 is 0 Å². The van der Waals surface area contributed by atoms with Crippen molar-refractivity contribution in [3.63, 3.8) is 0 Å². The molecule has 0 saturated carbocycles. The van der Waals surface area contributed by atoms with Gasteiger partial charge in [-0.25, -0.2) is 0 Å². The molecule has 1 heterocycles. The van der Waals surface area contributed by atoms with E-state index in [0.29, 0.717) is 13.2 Å². The van der Waals surface area contributed by atoms with Crippen LogP contribution in [0.15, 0.2) is 0 Å². The molecule has 0 bridgehead atoms. The van der Waals surface area contributed by atoms with Gasteiger partial charge in [0, 0.05) is 32.8 Å². The molecule has 1 fully saturated rings. The van der Waals surface area contributed by atoms with Crippen molar-refractivity contribution in [3.05, 3.63) is 0 Å². The second-order valence-electron chi connectivity index (χ2n) is 3.62. The van der Waals surface area contributed by atoms with Gasteiger partial charge in [-0.15, -0.1) is 0 Å². The van der Waals surface area contributed by atoms with Gasteiger partial charge in [-0.2, -0.15) is 5.06 Å². The topological polar surface area (TPSA) is 59.8 Å². The van der Waals surface area contributed by atoms with Crippen LogP contribution in [0.25, 0.3) is 0 Å². The number of ether oxygens (including phenoxy) is 1. The number of nitrogens with zero attached hydrogens (tertiary/aromatic N) is 1. The molecular formula is C10H23N3O2. The first-order valence-electron chi connectivity index (χ1n) is 5.80. The maximum atomic E-state index is 5.53. The van der Waals surface area contributed by atoms with E-state index in [1.54, 1.807) is 0 Å². The number of unbranched alkanes of at least 4 members (excludes halogenated alkanes) is 1. The highest BCUT2D eigenvalue weighted by atomic mass is 16.7. The van der Waals surface area contributed by atoms with Crippen LogP contribution in [0.2, 0.25) is 0 Å². The summed E-state index contributed by atoms with van der Waals surface area (Å²) in [6.07, 6.45) is 2.09. The molecule has 0 spiro atoms. The predicted octanol–water partition coefficient (Wildman–Crippen LogP) is -0.421. The summed E-state index contributed by atoms with van der Waals surface area (Å²) in [6, 6.07) is 0. The van der Waals surface area contributed by atoms with Crippen LogP contribution in [-0.2, 0) is 9.57 Å². The number of hydrogen-bond donors (Lipinski definition) is 2. The molecule has 0 atom stereocenters. The molecule has 0 radical (unpaired) electrons. The highest BCUT2D eigenvalue weighted by molar-refractivity contribution is 4.59. The Morgan fingerprint density at radius 3 is 2.60 bits per heavy atom. The lowest BCUT2D eigenvalue weighted by molar-refractivity contribution is -0.174. The molecule has 1 aliphatic rings. The normalized spacial score (nSPS) is 18.2. The lowest BCUT2D eigenvalue weighted by Gasteiger charge is -2.26. The summed E-state index contributed by atoms with van der Waals surface area (Å²) in [4.78, 5) is 5.53. The van der Waals surface area contributed by atoms with E-state index in [2.05, 4.69) is 5.32 Å². The molecule has 0 aromatic heterocycles. The van der Waals surface area contributed by atoms with Crippen LogP contribution in [-0.4, -0.2) is 57.6 Å². The smallest absolute Gasteiger partial charge is 0.0918 e. The van der Waals surface area contributed by atoms with Crippen molar-refractivity contribution in [1.82, 2.24) is 10.4 Å². The molecular weight excluding hydrogens is 194 g/mol. The highest BCUT2D eigenvalue weighted by Gasteiger charge is 2.08. The van der Waals surface area contributed by atoms with E-state index in [4.69, 9.17) is 15.3 Å². The van der Waals surface area contributed by atoms with Gasteiger partial charge in [0.25, 0.3) is 0 Å². The van der Waals surface area contributed by atoms with Crippen molar-refractivity contribution >= 4 is 0 Å². The van der Waals surface area contributed by atoms with Crippen LogP contribution >= 0.6 is 0 Å². The van der Waals surface area contributed by atoms with Gasteiger partial charge in [-0.05, 0) is 19.4 Å². The first-order valence-corrected chi connectivity index (χ1v) is 5.80. The van der Waals surface area contributed by atoms with Crippen molar-refractivity contribution in [3.8, 4) is 0 Å². The largest absolute Gasteiger partial charge is 0.379 e.